The van der Waals surface area contributed by atoms with Gasteiger partial charge in [-0.25, -0.2) is 4.98 Å². The highest BCUT2D eigenvalue weighted by Gasteiger charge is 2.29. The first-order valence-electron chi connectivity index (χ1n) is 13.7. The topological polar surface area (TPSA) is 44.4 Å². The number of anilines is 1. The molecule has 1 aliphatic carbocycles. The second kappa shape index (κ2) is 10.9. The normalized spacial score (nSPS) is 18.1. The van der Waals surface area contributed by atoms with Gasteiger partial charge in [0.2, 0.25) is 0 Å². The van der Waals surface area contributed by atoms with Gasteiger partial charge in [0.15, 0.2) is 0 Å². The van der Waals surface area contributed by atoms with Crippen LogP contribution in [0.3, 0.4) is 0 Å². The summed E-state index contributed by atoms with van der Waals surface area (Å²) in [4.78, 5) is 13.4. The molecule has 2 aromatic carbocycles. The number of pyridine rings is 1. The molecule has 1 N–H and O–H groups in total. The van der Waals surface area contributed by atoms with Gasteiger partial charge in [0.1, 0.15) is 17.1 Å². The molecule has 0 bridgehead atoms. The van der Waals surface area contributed by atoms with Crippen LogP contribution in [-0.4, -0.2) is 47.6 Å². The Balaban J connectivity index is 1.13. The summed E-state index contributed by atoms with van der Waals surface area (Å²) < 4.78 is 6.21. The van der Waals surface area contributed by atoms with Crippen molar-refractivity contribution in [2.75, 3.05) is 37.6 Å². The van der Waals surface area contributed by atoms with E-state index >= 15 is 0 Å². The van der Waals surface area contributed by atoms with E-state index in [0.29, 0.717) is 11.2 Å². The van der Waals surface area contributed by atoms with E-state index < -0.39 is 0 Å². The van der Waals surface area contributed by atoms with Gasteiger partial charge >= 0.3 is 0 Å². The van der Waals surface area contributed by atoms with Crippen molar-refractivity contribution in [1.29, 1.82) is 0 Å². The molecule has 0 saturated carbocycles. The number of thiol groups is 1. The number of halogens is 1. The Hall–Kier alpha value is -2.93. The quantitative estimate of drug-likeness (QED) is 0.235. The van der Waals surface area contributed by atoms with Crippen LogP contribution in [0.4, 0.5) is 5.69 Å². The third-order valence-electron chi connectivity index (χ3n) is 8.08. The van der Waals surface area contributed by atoms with Crippen LogP contribution < -0.4 is 9.64 Å². The zero-order valence-electron chi connectivity index (χ0n) is 22.6. The van der Waals surface area contributed by atoms with Crippen molar-refractivity contribution in [3.8, 4) is 11.5 Å². The molecule has 202 valence electrons. The van der Waals surface area contributed by atoms with Crippen molar-refractivity contribution in [3.05, 3.63) is 83.2 Å². The minimum atomic E-state index is 0.333. The van der Waals surface area contributed by atoms with Crippen LogP contribution >= 0.6 is 24.2 Å². The molecule has 5 nitrogen and oxygen atoms in total. The lowest BCUT2D eigenvalue weighted by Gasteiger charge is -2.39. The van der Waals surface area contributed by atoms with E-state index in [1.807, 2.05) is 36.5 Å². The van der Waals surface area contributed by atoms with Gasteiger partial charge in [0.25, 0.3) is 0 Å². The van der Waals surface area contributed by atoms with E-state index in [2.05, 4.69) is 70.5 Å². The molecule has 2 aliphatic rings. The second-order valence-electron chi connectivity index (χ2n) is 11.5. The van der Waals surface area contributed by atoms with E-state index in [-0.39, 0.29) is 0 Å². The van der Waals surface area contributed by atoms with Gasteiger partial charge in [-0.3, -0.25) is 4.90 Å². The van der Waals surface area contributed by atoms with Gasteiger partial charge in [-0.1, -0.05) is 43.2 Å². The molecule has 1 saturated heterocycles. The number of aromatic amines is 1. The molecule has 4 aromatic rings. The van der Waals surface area contributed by atoms with Crippen molar-refractivity contribution in [1.82, 2.24) is 14.9 Å². The Kier molecular flexibility index (Phi) is 7.36. The van der Waals surface area contributed by atoms with Crippen molar-refractivity contribution >= 4 is 46.5 Å². The van der Waals surface area contributed by atoms with E-state index in [1.54, 1.807) is 11.8 Å². The average Bonchev–Trinajstić information content (AvgIpc) is 3.40. The fraction of sp³-hybridized carbons (Fsp3) is 0.344. The number of aromatic nitrogens is 2. The number of benzene rings is 2. The van der Waals surface area contributed by atoms with Gasteiger partial charge in [-0.2, -0.15) is 0 Å². The van der Waals surface area contributed by atoms with Crippen LogP contribution in [0.25, 0.3) is 16.6 Å². The molecule has 1 fully saturated rings. The van der Waals surface area contributed by atoms with Crippen LogP contribution in [0, 0.1) is 5.41 Å². The predicted octanol–water partition coefficient (Wildman–Crippen LogP) is 8.08. The lowest BCUT2D eigenvalue weighted by Crippen LogP contribution is -2.47. The first-order chi connectivity index (χ1) is 18.8. The molecular formula is C32H35ClN4OS. The van der Waals surface area contributed by atoms with Crippen LogP contribution in [0.2, 0.25) is 5.02 Å². The summed E-state index contributed by atoms with van der Waals surface area (Å²) >= 11 is 10.8. The van der Waals surface area contributed by atoms with Gasteiger partial charge in [0, 0.05) is 66.0 Å². The molecular weight excluding hydrogens is 524 g/mol. The number of H-pyrrole nitrogens is 1. The first-order valence-corrected chi connectivity index (χ1v) is 14.5. The molecule has 0 unspecified atom stereocenters. The van der Waals surface area contributed by atoms with Crippen LogP contribution in [0.15, 0.2) is 77.5 Å². The lowest BCUT2D eigenvalue weighted by atomic mass is 9.72. The highest BCUT2D eigenvalue weighted by Crippen LogP contribution is 2.43. The van der Waals surface area contributed by atoms with Gasteiger partial charge < -0.3 is 14.6 Å². The smallest absolute Gasteiger partial charge is 0.146 e. The zero-order chi connectivity index (χ0) is 27.0. The molecule has 1 aliphatic heterocycles. The molecule has 0 amide bonds. The molecule has 2 aromatic heterocycles. The van der Waals surface area contributed by atoms with E-state index in [0.717, 1.165) is 65.8 Å². The Morgan fingerprint density at radius 2 is 1.82 bits per heavy atom. The first kappa shape index (κ1) is 26.3. The third kappa shape index (κ3) is 5.98. The summed E-state index contributed by atoms with van der Waals surface area (Å²) in [5.74, 6) is 1.46. The van der Waals surface area contributed by atoms with Crippen molar-refractivity contribution in [2.45, 2.75) is 38.0 Å². The number of allylic oxidation sites excluding steroid dienone is 1. The second-order valence-corrected chi connectivity index (χ2v) is 12.5. The van der Waals surface area contributed by atoms with Gasteiger partial charge in [-0.05, 0) is 72.2 Å². The number of hydrogen-bond donors (Lipinski definition) is 2. The minimum Gasteiger partial charge on any atom is -0.454 e. The summed E-state index contributed by atoms with van der Waals surface area (Å²) in [5, 5.41) is 1.82. The number of nitrogens with one attached hydrogen (secondary N) is 1. The number of fused-ring (bicyclic) bond motifs is 1. The SMILES string of the molecule is CC1(C)CCC(CN2CCN(c3ccc(S)c(Oc4cnc5[nH]ccc5c4)c3)CC2)=C(c2ccc(Cl)cc2)C1. The number of ether oxygens (including phenoxy) is 1. The van der Waals surface area contributed by atoms with E-state index in [4.69, 9.17) is 16.3 Å². The number of rotatable bonds is 6. The number of nitrogens with zero attached hydrogens (tertiary/aromatic N) is 3. The molecule has 39 heavy (non-hydrogen) atoms. The molecule has 7 heteroatoms. The molecule has 0 spiro atoms. The fourth-order valence-electron chi connectivity index (χ4n) is 5.78. The van der Waals surface area contributed by atoms with Crippen molar-refractivity contribution in [2.24, 2.45) is 5.41 Å². The lowest BCUT2D eigenvalue weighted by molar-refractivity contribution is 0.264. The van der Waals surface area contributed by atoms with Crippen LogP contribution in [0.1, 0.15) is 38.7 Å². The number of piperazine rings is 1. The highest BCUT2D eigenvalue weighted by molar-refractivity contribution is 7.80. The van der Waals surface area contributed by atoms with Crippen LogP contribution in [0.5, 0.6) is 11.5 Å². The summed E-state index contributed by atoms with van der Waals surface area (Å²) in [7, 11) is 0. The minimum absolute atomic E-state index is 0.333. The van der Waals surface area contributed by atoms with Gasteiger partial charge in [0.05, 0.1) is 6.20 Å². The van der Waals surface area contributed by atoms with E-state index in [9.17, 15) is 0 Å². The summed E-state index contributed by atoms with van der Waals surface area (Å²) in [6, 6.07) is 18.7. The average molecular weight is 559 g/mol. The summed E-state index contributed by atoms with van der Waals surface area (Å²) in [5.41, 5.74) is 6.79. The fourth-order valence-corrected chi connectivity index (χ4v) is 6.09. The maximum Gasteiger partial charge on any atom is 0.146 e. The highest BCUT2D eigenvalue weighted by atomic mass is 35.5. The summed E-state index contributed by atoms with van der Waals surface area (Å²) in [6.45, 7) is 9.86. The largest absolute Gasteiger partial charge is 0.454 e. The van der Waals surface area contributed by atoms with Crippen molar-refractivity contribution in [3.63, 3.8) is 0 Å². The molecule has 0 radical (unpaired) electrons. The van der Waals surface area contributed by atoms with Crippen molar-refractivity contribution < 1.29 is 4.74 Å². The molecule has 6 rings (SSSR count). The zero-order valence-corrected chi connectivity index (χ0v) is 24.2. The third-order valence-corrected chi connectivity index (χ3v) is 8.70. The molecule has 3 heterocycles. The standard InChI is InChI=1S/C32H35ClN4OS/c1-32(2)11-9-24(28(19-32)22-3-5-25(33)6-4-22)21-36-13-15-37(16-14-36)26-7-8-30(39)29(18-26)38-27-17-23-10-12-34-31(23)35-20-27/h3-8,10,12,17-18,20,39H,9,11,13-16,19,21H2,1-2H3,(H,34,35). The monoisotopic (exact) mass is 558 g/mol. The summed E-state index contributed by atoms with van der Waals surface area (Å²) in [6.07, 6.45) is 7.16. The predicted molar refractivity (Wildman–Crippen MR) is 165 cm³/mol. The Morgan fingerprint density at radius 3 is 2.62 bits per heavy atom. The van der Waals surface area contributed by atoms with E-state index in [1.165, 1.54) is 29.7 Å². The maximum atomic E-state index is 6.21. The maximum absolute atomic E-state index is 6.21. The number of hydrogen-bond acceptors (Lipinski definition) is 5. The Bertz CT molecular complexity index is 1500. The Labute approximate surface area is 241 Å². The Morgan fingerprint density at radius 1 is 1.03 bits per heavy atom. The van der Waals surface area contributed by atoms with Crippen LogP contribution in [-0.2, 0) is 0 Å². The van der Waals surface area contributed by atoms with Gasteiger partial charge in [-0.15, -0.1) is 12.6 Å². The molecule has 0 atom stereocenters.